The van der Waals surface area contributed by atoms with Gasteiger partial charge in [-0.1, -0.05) is 151 Å². The maximum Gasteiger partial charge on any atom is 0.269 e. The minimum atomic E-state index is -1.05. The largest absolute Gasteiger partial charge is 0.460 e. The van der Waals surface area contributed by atoms with Crippen LogP contribution < -0.4 is 9.47 Å². The van der Waals surface area contributed by atoms with E-state index in [-0.39, 0.29) is 54.4 Å². The van der Waals surface area contributed by atoms with Crippen molar-refractivity contribution in [1.82, 2.24) is 0 Å². The second-order valence-corrected chi connectivity index (χ2v) is 21.3. The number of fused-ring (bicyclic) bond motifs is 3. The molecule has 0 aromatic heterocycles. The third kappa shape index (κ3) is 14.7. The van der Waals surface area contributed by atoms with E-state index in [1.165, 1.54) is 95.6 Å². The van der Waals surface area contributed by atoms with Crippen molar-refractivity contribution in [2.45, 2.75) is 165 Å². The first-order valence-corrected chi connectivity index (χ1v) is 28.2. The smallest absolute Gasteiger partial charge is 0.269 e. The first-order chi connectivity index (χ1) is 34.9. The Morgan fingerprint density at radius 1 is 0.789 bits per heavy atom. The van der Waals surface area contributed by atoms with Crippen LogP contribution in [0.5, 0.6) is 17.2 Å². The molecule has 1 aliphatic heterocycles. The highest BCUT2D eigenvalue weighted by atomic mass is 32.2. The minimum absolute atomic E-state index is 0.0319. The molecule has 1 saturated carbocycles. The molecular weight excluding hydrogens is 909 g/mol. The molecule has 384 valence electrons. The number of aliphatic hydroxyl groups is 2. The van der Waals surface area contributed by atoms with Crippen LogP contribution in [-0.2, 0) is 16.2 Å². The van der Waals surface area contributed by atoms with Gasteiger partial charge in [-0.05, 0) is 114 Å². The van der Waals surface area contributed by atoms with Crippen LogP contribution in [0.2, 0.25) is 0 Å². The van der Waals surface area contributed by atoms with Crippen LogP contribution in [0.25, 0.3) is 10.8 Å². The van der Waals surface area contributed by atoms with Crippen molar-refractivity contribution >= 4 is 33.9 Å². The first kappa shape index (κ1) is 54.1. The summed E-state index contributed by atoms with van der Waals surface area (Å²) in [6.45, 7) is 7.13. The highest BCUT2D eigenvalue weighted by molar-refractivity contribution is 8.00. The van der Waals surface area contributed by atoms with E-state index in [0.29, 0.717) is 25.9 Å². The number of ether oxygens (including phenoxy) is 3. The fourth-order valence-electron chi connectivity index (χ4n) is 11.3. The summed E-state index contributed by atoms with van der Waals surface area (Å²) in [7, 11) is 0. The number of aliphatic hydroxyl groups excluding tert-OH is 2. The summed E-state index contributed by atoms with van der Waals surface area (Å²) in [6, 6.07) is 27.2. The highest BCUT2D eigenvalue weighted by Gasteiger charge is 2.64. The average molecular weight is 989 g/mol. The monoisotopic (exact) mass is 989 g/mol. The van der Waals surface area contributed by atoms with Gasteiger partial charge in [0.1, 0.15) is 23.9 Å². The normalized spacial score (nSPS) is 21.8. The molecular formula is C60H80N2O8S. The van der Waals surface area contributed by atoms with E-state index in [0.717, 1.165) is 88.3 Å². The maximum atomic E-state index is 11.4. The Morgan fingerprint density at radius 3 is 2.11 bits per heavy atom. The van der Waals surface area contributed by atoms with Crippen molar-refractivity contribution in [3.63, 3.8) is 0 Å². The van der Waals surface area contributed by atoms with Gasteiger partial charge >= 0.3 is 0 Å². The molecule has 0 saturated heterocycles. The summed E-state index contributed by atoms with van der Waals surface area (Å²) in [5.41, 5.74) is 3.83. The molecule has 0 amide bonds. The lowest BCUT2D eigenvalue weighted by Crippen LogP contribution is -2.64. The quantitative estimate of drug-likeness (QED) is 0.0207. The molecule has 4 aromatic rings. The van der Waals surface area contributed by atoms with Gasteiger partial charge in [-0.3, -0.25) is 10.1 Å². The third-order valence-corrected chi connectivity index (χ3v) is 16.4. The SMILES string of the molecule is C=CCOC12Oc3ccc(Oc4ccc5ccccc5c4)cc3C3C(CCCCO)C(CCCCO)C=C(C(=NOCc4ccc([N+](=O)[O-])cc4)CC1SCCCCCCCCCCCCCCCC)C32. The number of hydrogen-bond donors (Lipinski definition) is 2. The van der Waals surface area contributed by atoms with Crippen molar-refractivity contribution in [3.8, 4) is 17.2 Å². The number of nitro groups is 1. The van der Waals surface area contributed by atoms with Crippen LogP contribution in [0.3, 0.4) is 0 Å². The molecule has 6 atom stereocenters. The topological polar surface area (TPSA) is 133 Å². The fourth-order valence-corrected chi connectivity index (χ4v) is 12.8. The minimum Gasteiger partial charge on any atom is -0.460 e. The standard InChI is InChI=1S/C60H80N2O8S/c1-3-5-6-7-8-9-10-11-12-13-14-15-16-23-39-71-57-43-55(61-68-44-45-28-31-49(32-29-45)62(65)66)53-41-48(26-19-21-36-63)52(27-20-22-37-64)58-54-42-51(69-50-33-30-46-24-17-18-25-47(46)40-50)34-35-56(54)70-60(57,59(53)58)67-38-4-2/h4,17-18,24-25,28-35,40-42,48,52,57-59,63-64H,2-3,5-16,19-23,26-27,36-39,43-44H2,1H3. The molecule has 6 unspecified atom stereocenters. The number of oxime groups is 1. The van der Waals surface area contributed by atoms with Gasteiger partial charge in [-0.25, -0.2) is 0 Å². The summed E-state index contributed by atoms with van der Waals surface area (Å²) in [6.07, 6.45) is 28.1. The van der Waals surface area contributed by atoms with Gasteiger partial charge in [0.15, 0.2) is 0 Å². The van der Waals surface area contributed by atoms with Gasteiger partial charge < -0.3 is 29.3 Å². The van der Waals surface area contributed by atoms with E-state index in [4.69, 9.17) is 24.2 Å². The van der Waals surface area contributed by atoms with Crippen LogP contribution >= 0.6 is 11.8 Å². The van der Waals surface area contributed by atoms with E-state index in [1.807, 2.05) is 42.1 Å². The summed E-state index contributed by atoms with van der Waals surface area (Å²) in [4.78, 5) is 17.3. The van der Waals surface area contributed by atoms with Crippen molar-refractivity contribution in [2.24, 2.45) is 22.9 Å². The zero-order chi connectivity index (χ0) is 49.7. The van der Waals surface area contributed by atoms with Gasteiger partial charge in [-0.2, -0.15) is 11.8 Å². The Kier molecular flexibility index (Phi) is 21.7. The van der Waals surface area contributed by atoms with E-state index >= 15 is 0 Å². The highest BCUT2D eigenvalue weighted by Crippen LogP contribution is 2.63. The maximum absolute atomic E-state index is 11.4. The molecule has 1 fully saturated rings. The zero-order valence-corrected chi connectivity index (χ0v) is 43.2. The molecule has 1 heterocycles. The lowest BCUT2D eigenvalue weighted by atomic mass is 9.56. The van der Waals surface area contributed by atoms with Crippen molar-refractivity contribution in [3.05, 3.63) is 130 Å². The Morgan fingerprint density at radius 2 is 1.44 bits per heavy atom. The Balaban J connectivity index is 1.19. The average Bonchev–Trinajstić information content (AvgIpc) is 3.38. The number of allylic oxidation sites excluding steroid dienone is 1. The molecule has 0 bridgehead atoms. The van der Waals surface area contributed by atoms with Gasteiger partial charge in [0.25, 0.3) is 5.69 Å². The molecule has 4 aromatic carbocycles. The lowest BCUT2D eigenvalue weighted by molar-refractivity contribution is -0.384. The number of nitro benzene ring substituents is 1. The van der Waals surface area contributed by atoms with E-state index < -0.39 is 10.7 Å². The van der Waals surface area contributed by atoms with Gasteiger partial charge in [0.2, 0.25) is 5.79 Å². The lowest BCUT2D eigenvalue weighted by Gasteiger charge is -2.58. The van der Waals surface area contributed by atoms with Crippen LogP contribution in [-0.4, -0.2) is 57.5 Å². The second kappa shape index (κ2) is 28.5. The number of unbranched alkanes of at least 4 members (excludes halogenated alkanes) is 15. The summed E-state index contributed by atoms with van der Waals surface area (Å²) in [5, 5.41) is 38.6. The van der Waals surface area contributed by atoms with Crippen LogP contribution in [0, 0.1) is 27.9 Å². The molecule has 7 rings (SSSR count). The zero-order valence-electron chi connectivity index (χ0n) is 42.4. The molecule has 3 aliphatic rings. The molecule has 71 heavy (non-hydrogen) atoms. The number of nitrogens with zero attached hydrogens (tertiary/aromatic N) is 2. The van der Waals surface area contributed by atoms with Gasteiger partial charge in [-0.15, -0.1) is 6.58 Å². The van der Waals surface area contributed by atoms with Crippen LogP contribution in [0.4, 0.5) is 5.69 Å². The summed E-state index contributed by atoms with van der Waals surface area (Å²) >= 11 is 1.92. The molecule has 2 N–H and O–H groups in total. The first-order valence-electron chi connectivity index (χ1n) is 27.1. The molecule has 0 radical (unpaired) electrons. The Bertz CT molecular complexity index is 2330. The summed E-state index contributed by atoms with van der Waals surface area (Å²) < 4.78 is 21.3. The van der Waals surface area contributed by atoms with Gasteiger partial charge in [0, 0.05) is 43.2 Å². The fraction of sp³-hybridized carbons (Fsp3) is 0.550. The molecule has 10 nitrogen and oxygen atoms in total. The number of benzene rings is 4. The Labute approximate surface area is 427 Å². The predicted octanol–water partition coefficient (Wildman–Crippen LogP) is 15.6. The number of thioether (sulfide) groups is 1. The molecule has 11 heteroatoms. The summed E-state index contributed by atoms with van der Waals surface area (Å²) in [5.74, 6) is 2.15. The van der Waals surface area contributed by atoms with Crippen molar-refractivity contribution in [1.29, 1.82) is 0 Å². The van der Waals surface area contributed by atoms with Crippen LogP contribution in [0.1, 0.15) is 159 Å². The van der Waals surface area contributed by atoms with E-state index in [9.17, 15) is 20.3 Å². The number of rotatable bonds is 33. The molecule has 2 aliphatic carbocycles. The third-order valence-electron chi connectivity index (χ3n) is 14.9. The van der Waals surface area contributed by atoms with E-state index in [2.05, 4.69) is 56.0 Å². The Hall–Kier alpha value is -4.68. The number of hydrogen-bond acceptors (Lipinski definition) is 10. The van der Waals surface area contributed by atoms with Crippen molar-refractivity contribution in [2.75, 3.05) is 25.6 Å². The number of non-ortho nitro benzene ring substituents is 1. The van der Waals surface area contributed by atoms with Crippen LogP contribution in [0.15, 0.2) is 114 Å². The molecule has 0 spiro atoms. The second-order valence-electron chi connectivity index (χ2n) is 20.0. The van der Waals surface area contributed by atoms with Gasteiger partial charge in [0.05, 0.1) is 28.4 Å². The van der Waals surface area contributed by atoms with Crippen molar-refractivity contribution < 1.29 is 34.2 Å². The predicted molar refractivity (Wildman–Crippen MR) is 290 cm³/mol. The van der Waals surface area contributed by atoms with E-state index in [1.54, 1.807) is 12.1 Å².